The minimum atomic E-state index is -0.211. The Morgan fingerprint density at radius 3 is 1.48 bits per heavy atom. The van der Waals surface area contributed by atoms with E-state index in [-0.39, 0.29) is 16.2 Å². The smallest absolute Gasteiger partial charge is 0.159 e. The standard InChI is InChI=1S/C61H47NO/c1-59(2)48-25-12-9-20-41(48)43-31-29-37(33-51(43)59)62(38-30-32-44-42-21-10-13-26-49(42)60(3,4)52(44)34-38)54-28-16-24-46-55-47(40-23-15-18-36-17-7-8-19-39(36)40)35-53-56(58(55)63-57(46)54)45-22-11-14-27-50(45)61(53,5)6/h7-35H,1-6H3. The van der Waals surface area contributed by atoms with E-state index in [9.17, 15) is 0 Å². The molecule has 2 heteroatoms. The third-order valence-corrected chi connectivity index (χ3v) is 15.3. The average Bonchev–Trinajstić information content (AvgIpc) is 3.95. The summed E-state index contributed by atoms with van der Waals surface area (Å²) in [4.78, 5) is 2.47. The number of furan rings is 1. The van der Waals surface area contributed by atoms with Crippen molar-refractivity contribution in [2.75, 3.05) is 4.90 Å². The molecule has 302 valence electrons. The zero-order valence-corrected chi connectivity index (χ0v) is 36.6. The van der Waals surface area contributed by atoms with Crippen LogP contribution in [-0.4, -0.2) is 0 Å². The van der Waals surface area contributed by atoms with Crippen LogP contribution < -0.4 is 4.90 Å². The Kier molecular flexibility index (Phi) is 7.23. The van der Waals surface area contributed by atoms with Crippen molar-refractivity contribution in [3.8, 4) is 44.5 Å². The van der Waals surface area contributed by atoms with Crippen LogP contribution >= 0.6 is 0 Å². The van der Waals surface area contributed by atoms with E-state index in [1.807, 2.05) is 0 Å². The summed E-state index contributed by atoms with van der Waals surface area (Å²) in [6, 6.07) is 65.8. The summed E-state index contributed by atoms with van der Waals surface area (Å²) in [5.74, 6) is 0. The van der Waals surface area contributed by atoms with Crippen molar-refractivity contribution in [2.45, 2.75) is 57.8 Å². The molecule has 0 bridgehead atoms. The monoisotopic (exact) mass is 809 g/mol. The van der Waals surface area contributed by atoms with Crippen LogP contribution in [0.3, 0.4) is 0 Å². The molecule has 1 heterocycles. The zero-order chi connectivity index (χ0) is 42.6. The van der Waals surface area contributed by atoms with E-state index < -0.39 is 0 Å². The van der Waals surface area contributed by atoms with Gasteiger partial charge in [-0.3, -0.25) is 0 Å². The van der Waals surface area contributed by atoms with Gasteiger partial charge in [0.1, 0.15) is 5.58 Å². The van der Waals surface area contributed by atoms with Gasteiger partial charge in [0.05, 0.1) is 5.69 Å². The summed E-state index contributed by atoms with van der Waals surface area (Å²) in [6.45, 7) is 14.2. The summed E-state index contributed by atoms with van der Waals surface area (Å²) in [6.07, 6.45) is 0. The van der Waals surface area contributed by atoms with E-state index in [1.165, 1.54) is 88.7 Å². The molecule has 0 N–H and O–H groups in total. The number of rotatable bonds is 4. The van der Waals surface area contributed by atoms with Gasteiger partial charge in [0, 0.05) is 44.0 Å². The summed E-state index contributed by atoms with van der Waals surface area (Å²) in [7, 11) is 0. The van der Waals surface area contributed by atoms with Gasteiger partial charge >= 0.3 is 0 Å². The van der Waals surface area contributed by atoms with Crippen LogP contribution in [0.2, 0.25) is 0 Å². The Morgan fingerprint density at radius 2 is 0.825 bits per heavy atom. The predicted octanol–water partition coefficient (Wildman–Crippen LogP) is 16.8. The first-order chi connectivity index (χ1) is 30.5. The lowest BCUT2D eigenvalue weighted by Crippen LogP contribution is -2.18. The predicted molar refractivity (Wildman–Crippen MR) is 264 cm³/mol. The van der Waals surface area contributed by atoms with Gasteiger partial charge < -0.3 is 9.32 Å². The fourth-order valence-corrected chi connectivity index (χ4v) is 12.0. The Balaban J connectivity index is 1.12. The summed E-state index contributed by atoms with van der Waals surface area (Å²) < 4.78 is 7.60. The molecule has 3 aliphatic carbocycles. The third kappa shape index (κ3) is 4.79. The Hall–Kier alpha value is -7.16. The van der Waals surface area contributed by atoms with Crippen LogP contribution in [0.5, 0.6) is 0 Å². The second-order valence-corrected chi connectivity index (χ2v) is 19.6. The van der Waals surface area contributed by atoms with E-state index in [0.29, 0.717) is 0 Å². The third-order valence-electron chi connectivity index (χ3n) is 15.3. The summed E-state index contributed by atoms with van der Waals surface area (Å²) >= 11 is 0. The Labute approximate surface area is 369 Å². The van der Waals surface area contributed by atoms with Gasteiger partial charge in [-0.15, -0.1) is 0 Å². The maximum Gasteiger partial charge on any atom is 0.159 e. The molecule has 9 aromatic carbocycles. The number of anilines is 3. The molecule has 0 unspecified atom stereocenters. The lowest BCUT2D eigenvalue weighted by Gasteiger charge is -2.29. The topological polar surface area (TPSA) is 16.4 Å². The summed E-state index contributed by atoms with van der Waals surface area (Å²) in [5, 5.41) is 4.74. The van der Waals surface area contributed by atoms with Crippen molar-refractivity contribution in [1.82, 2.24) is 0 Å². The molecule has 1 aromatic heterocycles. The van der Waals surface area contributed by atoms with Crippen LogP contribution in [-0.2, 0) is 16.2 Å². The number of hydrogen-bond acceptors (Lipinski definition) is 2. The average molecular weight is 810 g/mol. The molecular formula is C61H47NO. The highest BCUT2D eigenvalue weighted by Gasteiger charge is 2.41. The van der Waals surface area contributed by atoms with Crippen molar-refractivity contribution < 1.29 is 4.42 Å². The maximum absolute atomic E-state index is 7.60. The highest BCUT2D eigenvalue weighted by Crippen LogP contribution is 2.58. The van der Waals surface area contributed by atoms with Gasteiger partial charge in [-0.2, -0.15) is 0 Å². The maximum atomic E-state index is 7.60. The fraction of sp³-hybridized carbons (Fsp3) is 0.148. The van der Waals surface area contributed by atoms with Gasteiger partial charge in [-0.25, -0.2) is 0 Å². The molecule has 0 spiro atoms. The van der Waals surface area contributed by atoms with Gasteiger partial charge in [-0.1, -0.05) is 181 Å². The van der Waals surface area contributed by atoms with Crippen LogP contribution in [0.25, 0.3) is 77.2 Å². The lowest BCUT2D eigenvalue weighted by molar-refractivity contribution is 0.653. The van der Waals surface area contributed by atoms with Crippen LogP contribution in [0.4, 0.5) is 17.1 Å². The van der Waals surface area contributed by atoms with Crippen molar-refractivity contribution >= 4 is 49.8 Å². The van der Waals surface area contributed by atoms with Gasteiger partial charge in [0.15, 0.2) is 5.58 Å². The summed E-state index contributed by atoms with van der Waals surface area (Å²) in [5.41, 5.74) is 22.8. The molecule has 10 aromatic rings. The molecule has 0 atom stereocenters. The minimum absolute atomic E-state index is 0.158. The fourth-order valence-electron chi connectivity index (χ4n) is 12.0. The normalized spacial score (nSPS) is 15.5. The first-order valence-corrected chi connectivity index (χ1v) is 22.4. The van der Waals surface area contributed by atoms with Crippen LogP contribution in [0, 0.1) is 0 Å². The number of benzene rings is 9. The zero-order valence-electron chi connectivity index (χ0n) is 36.6. The number of hydrogen-bond donors (Lipinski definition) is 0. The SMILES string of the molecule is CC1(C)c2ccccc2-c2ccc(N(c3ccc4c(c3)C(C)(C)c3ccccc3-4)c3cccc4c3oc3c5c(cc(-c6cccc7ccccc67)c34)C(C)(C)c3ccccc3-5)cc21. The molecule has 2 nitrogen and oxygen atoms in total. The molecule has 63 heavy (non-hydrogen) atoms. The quantitative estimate of drug-likeness (QED) is 0.176. The van der Waals surface area contributed by atoms with E-state index in [4.69, 9.17) is 4.42 Å². The van der Waals surface area contributed by atoms with E-state index in [2.05, 4.69) is 222 Å². The largest absolute Gasteiger partial charge is 0.453 e. The minimum Gasteiger partial charge on any atom is -0.453 e. The second-order valence-electron chi connectivity index (χ2n) is 19.6. The lowest BCUT2D eigenvalue weighted by atomic mass is 9.80. The molecule has 0 fully saturated rings. The first kappa shape index (κ1) is 36.5. The van der Waals surface area contributed by atoms with Crippen molar-refractivity contribution in [3.63, 3.8) is 0 Å². The molecule has 0 saturated heterocycles. The molecule has 13 rings (SSSR count). The first-order valence-electron chi connectivity index (χ1n) is 22.4. The van der Waals surface area contributed by atoms with Gasteiger partial charge in [-0.05, 0) is 119 Å². The van der Waals surface area contributed by atoms with E-state index in [0.717, 1.165) is 39.0 Å². The van der Waals surface area contributed by atoms with Crippen molar-refractivity contribution in [3.05, 3.63) is 209 Å². The Bertz CT molecular complexity index is 3500. The number of para-hydroxylation sites is 1. The highest BCUT2D eigenvalue weighted by atomic mass is 16.3. The van der Waals surface area contributed by atoms with E-state index >= 15 is 0 Å². The van der Waals surface area contributed by atoms with E-state index in [1.54, 1.807) is 0 Å². The molecule has 0 aliphatic heterocycles. The molecule has 0 saturated carbocycles. The molecular weight excluding hydrogens is 763 g/mol. The number of fused-ring (bicyclic) bond motifs is 14. The van der Waals surface area contributed by atoms with Crippen molar-refractivity contribution in [2.24, 2.45) is 0 Å². The Morgan fingerprint density at radius 1 is 0.349 bits per heavy atom. The molecule has 0 radical (unpaired) electrons. The molecule has 0 amide bonds. The second kappa shape index (κ2) is 12.5. The van der Waals surface area contributed by atoms with Gasteiger partial charge in [0.2, 0.25) is 0 Å². The number of nitrogens with zero attached hydrogens (tertiary/aromatic N) is 1. The van der Waals surface area contributed by atoms with Crippen molar-refractivity contribution in [1.29, 1.82) is 0 Å². The highest BCUT2D eigenvalue weighted by molar-refractivity contribution is 6.22. The van der Waals surface area contributed by atoms with Gasteiger partial charge in [0.25, 0.3) is 0 Å². The van der Waals surface area contributed by atoms with Crippen LogP contribution in [0.1, 0.15) is 74.9 Å². The molecule has 3 aliphatic rings. The van der Waals surface area contributed by atoms with Crippen LogP contribution in [0.15, 0.2) is 180 Å².